The second-order valence-electron chi connectivity index (χ2n) is 9.13. The van der Waals surface area contributed by atoms with Crippen molar-refractivity contribution in [2.75, 3.05) is 19.6 Å². The minimum absolute atomic E-state index is 0.217. The normalized spacial score (nSPS) is 15.9. The largest absolute Gasteiger partial charge is 0.324 e. The molecule has 5 rings (SSSR count). The van der Waals surface area contributed by atoms with Crippen LogP contribution >= 0.6 is 0 Å². The molecule has 4 heterocycles. The molecule has 176 valence electrons. The lowest BCUT2D eigenvalue weighted by Gasteiger charge is -2.33. The van der Waals surface area contributed by atoms with Crippen LogP contribution in [0.2, 0.25) is 0 Å². The number of aromatic nitrogens is 4. The molecular weight excluding hydrogens is 448 g/mol. The summed E-state index contributed by atoms with van der Waals surface area (Å²) in [7, 11) is -3.76. The summed E-state index contributed by atoms with van der Waals surface area (Å²) in [4.78, 5) is 12.0. The van der Waals surface area contributed by atoms with Crippen LogP contribution in [0.1, 0.15) is 50.9 Å². The molecule has 34 heavy (non-hydrogen) atoms. The number of hydrogen-bond acceptors (Lipinski definition) is 6. The van der Waals surface area contributed by atoms with Gasteiger partial charge in [0.05, 0.1) is 22.7 Å². The van der Waals surface area contributed by atoms with Crippen LogP contribution in [0.5, 0.6) is 0 Å². The second-order valence-corrected chi connectivity index (χ2v) is 10.9. The molecule has 1 aliphatic rings. The van der Waals surface area contributed by atoms with E-state index in [4.69, 9.17) is 10.2 Å². The van der Waals surface area contributed by atoms with E-state index in [1.54, 1.807) is 42.7 Å². The van der Waals surface area contributed by atoms with E-state index in [1.165, 1.54) is 3.97 Å². The van der Waals surface area contributed by atoms with Crippen LogP contribution in [0.3, 0.4) is 0 Å². The molecule has 9 heteroatoms. The fourth-order valence-corrected chi connectivity index (χ4v) is 6.27. The Morgan fingerprint density at radius 1 is 1.15 bits per heavy atom. The van der Waals surface area contributed by atoms with E-state index in [9.17, 15) is 8.42 Å². The van der Waals surface area contributed by atoms with E-state index in [-0.39, 0.29) is 16.9 Å². The van der Waals surface area contributed by atoms with Gasteiger partial charge in [0.15, 0.2) is 5.65 Å². The zero-order chi connectivity index (χ0) is 23.9. The highest BCUT2D eigenvalue weighted by Gasteiger charge is 2.28. The molecule has 8 nitrogen and oxygen atoms in total. The van der Waals surface area contributed by atoms with E-state index < -0.39 is 10.0 Å². The number of imidazole rings is 1. The number of benzene rings is 1. The summed E-state index contributed by atoms with van der Waals surface area (Å²) in [6, 6.07) is 12.8. The van der Waals surface area contributed by atoms with Crippen LogP contribution in [0, 0.1) is 11.3 Å². The zero-order valence-corrected chi connectivity index (χ0v) is 20.2. The first-order chi connectivity index (χ1) is 16.4. The topological polar surface area (TPSA) is 96.8 Å². The molecule has 0 amide bonds. The van der Waals surface area contributed by atoms with Crippen molar-refractivity contribution in [2.24, 2.45) is 0 Å². The first kappa shape index (κ1) is 22.6. The number of pyridine rings is 1. The molecule has 0 atom stereocenters. The van der Waals surface area contributed by atoms with Crippen molar-refractivity contribution in [1.82, 2.24) is 23.4 Å². The quantitative estimate of drug-likeness (QED) is 0.412. The molecule has 0 bridgehead atoms. The molecule has 0 radical (unpaired) electrons. The van der Waals surface area contributed by atoms with Gasteiger partial charge in [0.1, 0.15) is 11.3 Å². The third-order valence-corrected chi connectivity index (χ3v) is 8.31. The maximum atomic E-state index is 13.3. The molecule has 0 spiro atoms. The van der Waals surface area contributed by atoms with Crippen LogP contribution in [0.4, 0.5) is 0 Å². The van der Waals surface area contributed by atoms with Gasteiger partial charge >= 0.3 is 0 Å². The monoisotopic (exact) mass is 476 g/mol. The standard InChI is InChI=1S/C25H28N6O2S/c1-18(2)24-28-22-17-27-25-21(11-16-30(25)34(32,33)20-7-4-3-5-8-20)23(22)31(24)19-9-14-29(15-10-19)13-6-12-26/h3-5,7-8,11,16-19H,6,9-10,13-15H2,1-2H3. The number of nitriles is 1. The molecule has 0 unspecified atom stereocenters. The first-order valence-electron chi connectivity index (χ1n) is 11.7. The third kappa shape index (κ3) is 3.77. The highest BCUT2D eigenvalue weighted by atomic mass is 32.2. The van der Waals surface area contributed by atoms with Crippen molar-refractivity contribution < 1.29 is 8.42 Å². The molecule has 1 saturated heterocycles. The Bertz CT molecular complexity index is 1470. The van der Waals surface area contributed by atoms with Gasteiger partial charge < -0.3 is 9.47 Å². The van der Waals surface area contributed by atoms with Gasteiger partial charge in [-0.3, -0.25) is 0 Å². The van der Waals surface area contributed by atoms with E-state index in [2.05, 4.69) is 34.4 Å². The lowest BCUT2D eigenvalue weighted by Crippen LogP contribution is -2.35. The van der Waals surface area contributed by atoms with Gasteiger partial charge in [0.25, 0.3) is 10.0 Å². The summed E-state index contributed by atoms with van der Waals surface area (Å²) >= 11 is 0. The highest BCUT2D eigenvalue weighted by Crippen LogP contribution is 2.35. The number of nitrogens with zero attached hydrogens (tertiary/aromatic N) is 6. The minimum atomic E-state index is -3.76. The Morgan fingerprint density at radius 2 is 1.88 bits per heavy atom. The summed E-state index contributed by atoms with van der Waals surface area (Å²) in [5, 5.41) is 9.70. The fraction of sp³-hybridized carbons (Fsp3) is 0.400. The number of piperidine rings is 1. The van der Waals surface area contributed by atoms with Gasteiger partial charge in [-0.15, -0.1) is 0 Å². The Morgan fingerprint density at radius 3 is 2.56 bits per heavy atom. The van der Waals surface area contributed by atoms with Gasteiger partial charge in [-0.2, -0.15) is 5.26 Å². The van der Waals surface area contributed by atoms with Crippen molar-refractivity contribution in [2.45, 2.75) is 50.0 Å². The maximum Gasteiger partial charge on any atom is 0.269 e. The van der Waals surface area contributed by atoms with Crippen molar-refractivity contribution in [3.63, 3.8) is 0 Å². The number of fused-ring (bicyclic) bond motifs is 3. The predicted octanol–water partition coefficient (Wildman–Crippen LogP) is 4.30. The molecule has 1 aliphatic heterocycles. The van der Waals surface area contributed by atoms with Crippen molar-refractivity contribution in [1.29, 1.82) is 5.26 Å². The maximum absolute atomic E-state index is 13.3. The summed E-state index contributed by atoms with van der Waals surface area (Å²) in [5.41, 5.74) is 2.16. The van der Waals surface area contributed by atoms with Gasteiger partial charge in [-0.1, -0.05) is 32.0 Å². The van der Waals surface area contributed by atoms with Crippen molar-refractivity contribution in [3.05, 3.63) is 54.6 Å². The van der Waals surface area contributed by atoms with Crippen molar-refractivity contribution >= 4 is 32.1 Å². The van der Waals surface area contributed by atoms with Gasteiger partial charge in [0, 0.05) is 49.6 Å². The molecule has 1 fully saturated rings. The van der Waals surface area contributed by atoms with Crippen LogP contribution in [0.15, 0.2) is 53.7 Å². The highest BCUT2D eigenvalue weighted by molar-refractivity contribution is 7.90. The number of likely N-dealkylation sites (tertiary alicyclic amines) is 1. The summed E-state index contributed by atoms with van der Waals surface area (Å²) < 4.78 is 30.3. The SMILES string of the molecule is CC(C)c1nc2cnc3c(ccn3S(=O)(=O)c3ccccc3)c2n1C1CCN(CCC#N)CC1. The molecule has 3 aromatic heterocycles. The van der Waals surface area contributed by atoms with Crippen LogP contribution < -0.4 is 0 Å². The molecule has 1 aromatic carbocycles. The Hall–Kier alpha value is -3.22. The number of rotatable bonds is 6. The van der Waals surface area contributed by atoms with E-state index in [0.717, 1.165) is 54.7 Å². The lowest BCUT2D eigenvalue weighted by molar-refractivity contribution is 0.190. The Kier molecular flexibility index (Phi) is 5.88. The van der Waals surface area contributed by atoms with Gasteiger partial charge in [0.2, 0.25) is 0 Å². The first-order valence-corrected chi connectivity index (χ1v) is 13.1. The summed E-state index contributed by atoms with van der Waals surface area (Å²) in [6.07, 6.45) is 5.76. The molecule has 4 aromatic rings. The zero-order valence-electron chi connectivity index (χ0n) is 19.4. The Labute approximate surface area is 199 Å². The van der Waals surface area contributed by atoms with Gasteiger partial charge in [-0.25, -0.2) is 22.4 Å². The average Bonchev–Trinajstić information content (AvgIpc) is 3.46. The molecule has 0 saturated carbocycles. The smallest absolute Gasteiger partial charge is 0.269 e. The predicted molar refractivity (Wildman–Crippen MR) is 131 cm³/mol. The average molecular weight is 477 g/mol. The van der Waals surface area contributed by atoms with E-state index >= 15 is 0 Å². The van der Waals surface area contributed by atoms with Crippen LogP contribution in [0.25, 0.3) is 22.1 Å². The second kappa shape index (κ2) is 8.85. The minimum Gasteiger partial charge on any atom is -0.324 e. The fourth-order valence-electron chi connectivity index (χ4n) is 4.95. The molecular formula is C25H28N6O2S. The molecule has 0 aliphatic carbocycles. The number of hydrogen-bond donors (Lipinski definition) is 0. The van der Waals surface area contributed by atoms with Crippen LogP contribution in [-0.2, 0) is 10.0 Å². The molecule has 0 N–H and O–H groups in total. The van der Waals surface area contributed by atoms with E-state index in [0.29, 0.717) is 12.1 Å². The third-order valence-electron chi connectivity index (χ3n) is 6.63. The Balaban J connectivity index is 1.62. The lowest BCUT2D eigenvalue weighted by atomic mass is 10.0. The van der Waals surface area contributed by atoms with Crippen LogP contribution in [-0.4, -0.2) is 51.5 Å². The summed E-state index contributed by atoms with van der Waals surface area (Å²) in [5.74, 6) is 1.22. The van der Waals surface area contributed by atoms with Gasteiger partial charge in [-0.05, 0) is 31.0 Å². The summed E-state index contributed by atoms with van der Waals surface area (Å²) in [6.45, 7) is 6.94. The van der Waals surface area contributed by atoms with E-state index in [1.807, 2.05) is 6.07 Å². The van der Waals surface area contributed by atoms with Crippen molar-refractivity contribution in [3.8, 4) is 6.07 Å².